The molecule has 1 fully saturated rings. The van der Waals surface area contributed by atoms with Crippen LogP contribution < -0.4 is 0 Å². The average Bonchev–Trinajstić information content (AvgIpc) is 2.77. The fourth-order valence-electron chi connectivity index (χ4n) is 2.43. The van der Waals surface area contributed by atoms with Gasteiger partial charge in [0.1, 0.15) is 11.5 Å². The van der Waals surface area contributed by atoms with Gasteiger partial charge >= 0.3 is 0 Å². The number of likely N-dealkylation sites (tertiary alicyclic amines) is 1. The molecule has 1 saturated heterocycles. The summed E-state index contributed by atoms with van der Waals surface area (Å²) in [7, 11) is 0. The Labute approximate surface area is 101 Å². The van der Waals surface area contributed by atoms with Crippen LogP contribution in [0.4, 0.5) is 0 Å². The van der Waals surface area contributed by atoms with Gasteiger partial charge < -0.3 is 15.3 Å². The lowest BCUT2D eigenvalue weighted by atomic mass is 10.1. The summed E-state index contributed by atoms with van der Waals surface area (Å²) in [5.74, 6) is 0.403. The summed E-state index contributed by atoms with van der Waals surface area (Å²) >= 11 is 0. The van der Waals surface area contributed by atoms with Crippen LogP contribution in [-0.4, -0.2) is 46.0 Å². The van der Waals surface area contributed by atoms with E-state index in [4.69, 9.17) is 0 Å². The molecular formula is C13H19NO3. The summed E-state index contributed by atoms with van der Waals surface area (Å²) in [5.41, 5.74) is 0.758. The quantitative estimate of drug-likeness (QED) is 0.686. The van der Waals surface area contributed by atoms with Crippen molar-refractivity contribution >= 4 is 0 Å². The van der Waals surface area contributed by atoms with Crippen LogP contribution in [0.25, 0.3) is 0 Å². The molecule has 1 heterocycles. The number of rotatable bonds is 4. The van der Waals surface area contributed by atoms with Gasteiger partial charge in [-0.15, -0.1) is 0 Å². The monoisotopic (exact) mass is 237 g/mol. The summed E-state index contributed by atoms with van der Waals surface area (Å²) in [5, 5.41) is 28.2. The second kappa shape index (κ2) is 5.38. The summed E-state index contributed by atoms with van der Waals surface area (Å²) in [6, 6.07) is 4.84. The van der Waals surface area contributed by atoms with E-state index in [-0.39, 0.29) is 24.1 Å². The van der Waals surface area contributed by atoms with E-state index < -0.39 is 0 Å². The highest BCUT2D eigenvalue weighted by Gasteiger charge is 2.23. The number of hydrogen-bond donors (Lipinski definition) is 3. The van der Waals surface area contributed by atoms with Crippen molar-refractivity contribution < 1.29 is 15.3 Å². The van der Waals surface area contributed by atoms with Crippen molar-refractivity contribution in [2.45, 2.75) is 25.3 Å². The van der Waals surface area contributed by atoms with E-state index in [1.54, 1.807) is 6.07 Å². The van der Waals surface area contributed by atoms with Crippen molar-refractivity contribution in [2.24, 2.45) is 0 Å². The Hall–Kier alpha value is -1.26. The zero-order valence-electron chi connectivity index (χ0n) is 9.84. The van der Waals surface area contributed by atoms with Crippen LogP contribution in [0.15, 0.2) is 18.2 Å². The number of hydrogen-bond acceptors (Lipinski definition) is 4. The molecule has 0 saturated carbocycles. The van der Waals surface area contributed by atoms with E-state index in [9.17, 15) is 15.3 Å². The van der Waals surface area contributed by atoms with Gasteiger partial charge in [0.05, 0.1) is 6.61 Å². The van der Waals surface area contributed by atoms with Crippen molar-refractivity contribution in [3.8, 4) is 11.5 Å². The maximum absolute atomic E-state index is 9.65. The third-order valence-electron chi connectivity index (χ3n) is 3.44. The predicted molar refractivity (Wildman–Crippen MR) is 65.2 cm³/mol. The van der Waals surface area contributed by atoms with Gasteiger partial charge in [0.25, 0.3) is 0 Å². The van der Waals surface area contributed by atoms with Crippen molar-refractivity contribution in [1.82, 2.24) is 4.90 Å². The van der Waals surface area contributed by atoms with Crippen LogP contribution in [-0.2, 0) is 6.42 Å². The molecule has 0 amide bonds. The number of aliphatic hydroxyl groups is 1. The van der Waals surface area contributed by atoms with Crippen LogP contribution >= 0.6 is 0 Å². The molecule has 0 aromatic heterocycles. The molecule has 4 heteroatoms. The highest BCUT2D eigenvalue weighted by atomic mass is 16.3. The van der Waals surface area contributed by atoms with Crippen molar-refractivity contribution in [3.05, 3.63) is 23.8 Å². The van der Waals surface area contributed by atoms with E-state index in [1.807, 2.05) is 0 Å². The lowest BCUT2D eigenvalue weighted by Gasteiger charge is -2.22. The van der Waals surface area contributed by atoms with E-state index in [1.165, 1.54) is 12.1 Å². The molecular weight excluding hydrogens is 218 g/mol. The Morgan fingerprint density at radius 3 is 2.88 bits per heavy atom. The first-order chi connectivity index (χ1) is 8.20. The van der Waals surface area contributed by atoms with Gasteiger partial charge in [-0.05, 0) is 49.6 Å². The number of benzene rings is 1. The molecule has 0 aliphatic carbocycles. The van der Waals surface area contributed by atoms with Crippen LogP contribution in [0.1, 0.15) is 18.4 Å². The van der Waals surface area contributed by atoms with Crippen LogP contribution in [0.5, 0.6) is 11.5 Å². The summed E-state index contributed by atoms with van der Waals surface area (Å²) in [4.78, 5) is 2.24. The van der Waals surface area contributed by atoms with E-state index in [2.05, 4.69) is 4.90 Å². The molecule has 1 aliphatic rings. The van der Waals surface area contributed by atoms with Crippen LogP contribution in [0.2, 0.25) is 0 Å². The molecule has 1 aromatic rings. The summed E-state index contributed by atoms with van der Waals surface area (Å²) in [6.07, 6.45) is 2.86. The Balaban J connectivity index is 1.95. The first kappa shape index (κ1) is 12.2. The maximum atomic E-state index is 9.65. The SMILES string of the molecule is OC[C@@H]1CCCN1CCc1cc(O)ccc1O. The second-order valence-corrected chi connectivity index (χ2v) is 4.58. The number of nitrogens with zero attached hydrogens (tertiary/aromatic N) is 1. The number of aliphatic hydroxyl groups excluding tert-OH is 1. The molecule has 4 nitrogen and oxygen atoms in total. The summed E-state index contributed by atoms with van der Waals surface area (Å²) in [6.45, 7) is 2.01. The molecule has 2 rings (SSSR count). The Morgan fingerprint density at radius 1 is 1.29 bits per heavy atom. The van der Waals surface area contributed by atoms with Crippen molar-refractivity contribution in [3.63, 3.8) is 0 Å². The molecule has 1 atom stereocenters. The van der Waals surface area contributed by atoms with Gasteiger partial charge in [-0.1, -0.05) is 0 Å². The molecule has 0 unspecified atom stereocenters. The topological polar surface area (TPSA) is 63.9 Å². The van der Waals surface area contributed by atoms with Gasteiger partial charge in [-0.3, -0.25) is 4.90 Å². The van der Waals surface area contributed by atoms with Gasteiger partial charge in [0.15, 0.2) is 0 Å². The lowest BCUT2D eigenvalue weighted by molar-refractivity contribution is 0.160. The van der Waals surface area contributed by atoms with Gasteiger partial charge in [0.2, 0.25) is 0 Å². The van der Waals surface area contributed by atoms with Gasteiger partial charge in [0, 0.05) is 12.6 Å². The van der Waals surface area contributed by atoms with Gasteiger partial charge in [-0.25, -0.2) is 0 Å². The van der Waals surface area contributed by atoms with Crippen molar-refractivity contribution in [1.29, 1.82) is 0 Å². The highest BCUT2D eigenvalue weighted by molar-refractivity contribution is 5.38. The molecule has 1 aromatic carbocycles. The Bertz CT molecular complexity index is 381. The van der Waals surface area contributed by atoms with Gasteiger partial charge in [-0.2, -0.15) is 0 Å². The Morgan fingerprint density at radius 2 is 2.12 bits per heavy atom. The normalized spacial score (nSPS) is 20.9. The largest absolute Gasteiger partial charge is 0.508 e. The molecule has 1 aliphatic heterocycles. The molecule has 17 heavy (non-hydrogen) atoms. The van der Waals surface area contributed by atoms with Crippen LogP contribution in [0, 0.1) is 0 Å². The lowest BCUT2D eigenvalue weighted by Crippen LogP contribution is -2.33. The molecule has 3 N–H and O–H groups in total. The average molecular weight is 237 g/mol. The second-order valence-electron chi connectivity index (χ2n) is 4.58. The molecule has 0 bridgehead atoms. The maximum Gasteiger partial charge on any atom is 0.119 e. The van der Waals surface area contributed by atoms with E-state index in [0.29, 0.717) is 6.42 Å². The third kappa shape index (κ3) is 2.90. The van der Waals surface area contributed by atoms with Crippen molar-refractivity contribution in [2.75, 3.05) is 19.7 Å². The first-order valence-electron chi connectivity index (χ1n) is 6.06. The summed E-state index contributed by atoms with van der Waals surface area (Å²) < 4.78 is 0. The number of aromatic hydroxyl groups is 2. The van der Waals surface area contributed by atoms with Crippen LogP contribution in [0.3, 0.4) is 0 Å². The molecule has 0 spiro atoms. The predicted octanol–water partition coefficient (Wildman–Crippen LogP) is 1.10. The minimum Gasteiger partial charge on any atom is -0.508 e. The zero-order chi connectivity index (χ0) is 12.3. The zero-order valence-corrected chi connectivity index (χ0v) is 9.84. The fraction of sp³-hybridized carbons (Fsp3) is 0.538. The third-order valence-corrected chi connectivity index (χ3v) is 3.44. The van der Waals surface area contributed by atoms with E-state index in [0.717, 1.165) is 31.5 Å². The standard InChI is InChI=1S/C13H19NO3/c15-9-11-2-1-6-14(11)7-5-10-8-12(16)3-4-13(10)17/h3-4,8,11,15-17H,1-2,5-7,9H2/t11-/m0/s1. The molecule has 0 radical (unpaired) electrons. The minimum absolute atomic E-state index is 0.179. The fourth-order valence-corrected chi connectivity index (χ4v) is 2.43. The number of phenolic OH excluding ortho intramolecular Hbond substituents is 2. The smallest absolute Gasteiger partial charge is 0.119 e. The number of phenols is 2. The van der Waals surface area contributed by atoms with E-state index >= 15 is 0 Å². The Kier molecular flexibility index (Phi) is 3.86. The molecule has 94 valence electrons. The highest BCUT2D eigenvalue weighted by Crippen LogP contribution is 2.24. The first-order valence-corrected chi connectivity index (χ1v) is 6.06. The minimum atomic E-state index is 0.179.